The van der Waals surface area contributed by atoms with Crippen molar-refractivity contribution in [3.05, 3.63) is 63.6 Å². The van der Waals surface area contributed by atoms with Gasteiger partial charge in [0.2, 0.25) is 0 Å². The molecule has 2 aromatic rings. The zero-order valence-corrected chi connectivity index (χ0v) is 12.5. The Labute approximate surface area is 121 Å². The summed E-state index contributed by atoms with van der Waals surface area (Å²) in [6.07, 6.45) is 0.949. The van der Waals surface area contributed by atoms with Gasteiger partial charge in [-0.25, -0.2) is 4.79 Å². The fourth-order valence-corrected chi connectivity index (χ4v) is 2.28. The van der Waals surface area contributed by atoms with Gasteiger partial charge in [0.1, 0.15) is 5.75 Å². The van der Waals surface area contributed by atoms with Gasteiger partial charge in [-0.1, -0.05) is 30.7 Å². The topological polar surface area (TPSA) is 26.3 Å². The SMILES string of the molecule is CCc1ccc(OC(=O)c2cccc(C)c2)c(Br)c1. The first kappa shape index (κ1) is 13.8. The van der Waals surface area contributed by atoms with E-state index in [-0.39, 0.29) is 5.97 Å². The van der Waals surface area contributed by atoms with E-state index in [1.807, 2.05) is 43.3 Å². The second-order valence-electron chi connectivity index (χ2n) is 4.38. The number of carbonyl (C=O) groups is 1. The molecule has 0 N–H and O–H groups in total. The van der Waals surface area contributed by atoms with Crippen LogP contribution in [0.5, 0.6) is 5.75 Å². The molecule has 2 aromatic carbocycles. The number of rotatable bonds is 3. The van der Waals surface area contributed by atoms with Gasteiger partial charge in [0, 0.05) is 0 Å². The van der Waals surface area contributed by atoms with Crippen LogP contribution in [0.3, 0.4) is 0 Å². The van der Waals surface area contributed by atoms with Gasteiger partial charge >= 0.3 is 5.97 Å². The fraction of sp³-hybridized carbons (Fsp3) is 0.188. The molecule has 0 aliphatic heterocycles. The quantitative estimate of drug-likeness (QED) is 0.613. The Hall–Kier alpha value is -1.61. The first-order valence-corrected chi connectivity index (χ1v) is 6.96. The van der Waals surface area contributed by atoms with Gasteiger partial charge in [0.15, 0.2) is 0 Å². The van der Waals surface area contributed by atoms with E-state index < -0.39 is 0 Å². The van der Waals surface area contributed by atoms with E-state index in [1.54, 1.807) is 6.07 Å². The zero-order chi connectivity index (χ0) is 13.8. The molecule has 0 saturated heterocycles. The summed E-state index contributed by atoms with van der Waals surface area (Å²) in [6, 6.07) is 13.1. The molecule has 0 aliphatic carbocycles. The highest BCUT2D eigenvalue weighted by atomic mass is 79.9. The standard InChI is InChI=1S/C16H15BrO2/c1-3-12-7-8-15(14(17)10-12)19-16(18)13-6-4-5-11(2)9-13/h4-10H,3H2,1-2H3. The molecule has 98 valence electrons. The average Bonchev–Trinajstić information content (AvgIpc) is 2.41. The van der Waals surface area contributed by atoms with E-state index in [1.165, 1.54) is 5.56 Å². The van der Waals surface area contributed by atoms with E-state index in [9.17, 15) is 4.79 Å². The molecule has 0 unspecified atom stereocenters. The van der Waals surface area contributed by atoms with Crippen LogP contribution in [0.4, 0.5) is 0 Å². The first-order valence-electron chi connectivity index (χ1n) is 6.17. The minimum atomic E-state index is -0.339. The Morgan fingerprint density at radius 2 is 2.00 bits per heavy atom. The highest BCUT2D eigenvalue weighted by Gasteiger charge is 2.11. The summed E-state index contributed by atoms with van der Waals surface area (Å²) >= 11 is 3.43. The molecule has 0 spiro atoms. The Morgan fingerprint density at radius 1 is 1.21 bits per heavy atom. The highest BCUT2D eigenvalue weighted by Crippen LogP contribution is 2.27. The molecule has 0 aromatic heterocycles. The van der Waals surface area contributed by atoms with Crippen LogP contribution in [0.15, 0.2) is 46.9 Å². The molecule has 2 rings (SSSR count). The Kier molecular flexibility index (Phi) is 4.38. The third-order valence-corrected chi connectivity index (χ3v) is 3.48. The van der Waals surface area contributed by atoms with Crippen molar-refractivity contribution in [3.63, 3.8) is 0 Å². The number of hydrogen-bond acceptors (Lipinski definition) is 2. The van der Waals surface area contributed by atoms with Crippen molar-refractivity contribution in [2.75, 3.05) is 0 Å². The summed E-state index contributed by atoms with van der Waals surface area (Å²) < 4.78 is 6.20. The number of esters is 1. The molecule has 0 bridgehead atoms. The molecular weight excluding hydrogens is 304 g/mol. The second kappa shape index (κ2) is 6.02. The lowest BCUT2D eigenvalue weighted by molar-refractivity contribution is 0.0733. The van der Waals surface area contributed by atoms with E-state index in [2.05, 4.69) is 22.9 Å². The minimum absolute atomic E-state index is 0.339. The normalized spacial score (nSPS) is 10.3. The van der Waals surface area contributed by atoms with E-state index in [0.717, 1.165) is 16.5 Å². The molecule has 0 amide bonds. The van der Waals surface area contributed by atoms with Crippen molar-refractivity contribution in [3.8, 4) is 5.75 Å². The van der Waals surface area contributed by atoms with Crippen LogP contribution < -0.4 is 4.74 Å². The third kappa shape index (κ3) is 3.44. The Balaban J connectivity index is 2.19. The van der Waals surface area contributed by atoms with Crippen molar-refractivity contribution in [1.82, 2.24) is 0 Å². The van der Waals surface area contributed by atoms with Gasteiger partial charge in [-0.2, -0.15) is 0 Å². The molecule has 0 aliphatic rings. The van der Waals surface area contributed by atoms with Crippen LogP contribution in [-0.4, -0.2) is 5.97 Å². The number of ether oxygens (including phenoxy) is 1. The van der Waals surface area contributed by atoms with Gasteiger partial charge in [0.05, 0.1) is 10.0 Å². The number of benzene rings is 2. The number of carbonyl (C=O) groups excluding carboxylic acids is 1. The zero-order valence-electron chi connectivity index (χ0n) is 10.9. The monoisotopic (exact) mass is 318 g/mol. The summed E-state index contributed by atoms with van der Waals surface area (Å²) in [7, 11) is 0. The van der Waals surface area contributed by atoms with Crippen LogP contribution in [0.25, 0.3) is 0 Å². The van der Waals surface area contributed by atoms with E-state index >= 15 is 0 Å². The van der Waals surface area contributed by atoms with Crippen LogP contribution in [0.2, 0.25) is 0 Å². The molecule has 2 nitrogen and oxygen atoms in total. The fourth-order valence-electron chi connectivity index (χ4n) is 1.78. The van der Waals surface area contributed by atoms with Gasteiger partial charge in [-0.15, -0.1) is 0 Å². The predicted octanol–water partition coefficient (Wildman–Crippen LogP) is 4.54. The Morgan fingerprint density at radius 3 is 2.63 bits per heavy atom. The van der Waals surface area contributed by atoms with Gasteiger partial charge < -0.3 is 4.74 Å². The molecule has 0 atom stereocenters. The summed E-state index contributed by atoms with van der Waals surface area (Å²) in [6.45, 7) is 4.03. The van der Waals surface area contributed by atoms with Crippen molar-refractivity contribution in [2.24, 2.45) is 0 Å². The number of halogens is 1. The van der Waals surface area contributed by atoms with Crippen LogP contribution >= 0.6 is 15.9 Å². The Bertz CT molecular complexity index is 605. The minimum Gasteiger partial charge on any atom is -0.422 e. The largest absolute Gasteiger partial charge is 0.422 e. The molecule has 0 fully saturated rings. The molecule has 19 heavy (non-hydrogen) atoms. The van der Waals surface area contributed by atoms with Crippen LogP contribution in [0.1, 0.15) is 28.4 Å². The highest BCUT2D eigenvalue weighted by molar-refractivity contribution is 9.10. The lowest BCUT2D eigenvalue weighted by atomic mass is 10.1. The van der Waals surface area contributed by atoms with Crippen molar-refractivity contribution in [1.29, 1.82) is 0 Å². The van der Waals surface area contributed by atoms with Crippen molar-refractivity contribution in [2.45, 2.75) is 20.3 Å². The van der Waals surface area contributed by atoms with Crippen molar-refractivity contribution < 1.29 is 9.53 Å². The van der Waals surface area contributed by atoms with Gasteiger partial charge in [-0.05, 0) is 59.1 Å². The first-order chi connectivity index (χ1) is 9.10. The van der Waals surface area contributed by atoms with Crippen LogP contribution in [-0.2, 0) is 6.42 Å². The maximum Gasteiger partial charge on any atom is 0.343 e. The molecule has 0 saturated carbocycles. The van der Waals surface area contributed by atoms with Gasteiger partial charge in [0.25, 0.3) is 0 Å². The maximum atomic E-state index is 12.0. The van der Waals surface area contributed by atoms with Gasteiger partial charge in [-0.3, -0.25) is 0 Å². The van der Waals surface area contributed by atoms with E-state index in [4.69, 9.17) is 4.74 Å². The summed E-state index contributed by atoms with van der Waals surface area (Å²) in [5.74, 6) is 0.206. The molecule has 0 radical (unpaired) electrons. The number of hydrogen-bond donors (Lipinski definition) is 0. The number of aryl methyl sites for hydroxylation is 2. The van der Waals surface area contributed by atoms with Crippen molar-refractivity contribution >= 4 is 21.9 Å². The smallest absolute Gasteiger partial charge is 0.343 e. The molecule has 0 heterocycles. The summed E-state index contributed by atoms with van der Waals surface area (Å²) in [5.41, 5.74) is 2.79. The van der Waals surface area contributed by atoms with Crippen LogP contribution in [0, 0.1) is 6.92 Å². The summed E-state index contributed by atoms with van der Waals surface area (Å²) in [5, 5.41) is 0. The molecular formula is C16H15BrO2. The lowest BCUT2D eigenvalue weighted by Crippen LogP contribution is -2.09. The predicted molar refractivity (Wildman–Crippen MR) is 79.7 cm³/mol. The molecule has 3 heteroatoms. The lowest BCUT2D eigenvalue weighted by Gasteiger charge is -2.08. The van der Waals surface area contributed by atoms with E-state index in [0.29, 0.717) is 11.3 Å². The second-order valence-corrected chi connectivity index (χ2v) is 5.23. The maximum absolute atomic E-state index is 12.0. The summed E-state index contributed by atoms with van der Waals surface area (Å²) in [4.78, 5) is 12.0. The third-order valence-electron chi connectivity index (χ3n) is 2.86. The average molecular weight is 319 g/mol.